The molecule has 162 valence electrons. The quantitative estimate of drug-likeness (QED) is 0.629. The molecular formula is C23H25N3O5. The molecule has 1 N–H and O–H groups in total. The normalized spacial score (nSPS) is 23.8. The minimum absolute atomic E-state index is 0.112. The maximum atomic E-state index is 13.2. The number of ketones is 1. The third-order valence-corrected chi connectivity index (χ3v) is 6.75. The van der Waals surface area contributed by atoms with Crippen LogP contribution >= 0.6 is 0 Å². The maximum Gasteiger partial charge on any atom is 0.343 e. The van der Waals surface area contributed by atoms with Gasteiger partial charge in [0.15, 0.2) is 5.60 Å². The first-order chi connectivity index (χ1) is 14.7. The number of ether oxygens (including phenoxy) is 1. The average molecular weight is 423 g/mol. The van der Waals surface area contributed by atoms with Gasteiger partial charge in [0.2, 0.25) is 0 Å². The lowest BCUT2D eigenvalue weighted by molar-refractivity contribution is -0.172. The molecule has 0 fully saturated rings. The summed E-state index contributed by atoms with van der Waals surface area (Å²) in [4.78, 5) is 45.0. The Kier molecular flexibility index (Phi) is 4.43. The van der Waals surface area contributed by atoms with Crippen LogP contribution in [0.15, 0.2) is 16.9 Å². The number of esters is 1. The molecule has 0 aromatic carbocycles. The third kappa shape index (κ3) is 2.81. The van der Waals surface area contributed by atoms with Crippen molar-refractivity contribution >= 4 is 11.8 Å². The number of Topliss-reactive ketones (excluding diaryl/α,β-unsaturated/α-hetero) is 1. The van der Waals surface area contributed by atoms with E-state index in [1.165, 1.54) is 0 Å². The fourth-order valence-corrected chi connectivity index (χ4v) is 5.03. The van der Waals surface area contributed by atoms with Gasteiger partial charge in [-0.3, -0.25) is 14.6 Å². The van der Waals surface area contributed by atoms with E-state index in [2.05, 4.69) is 0 Å². The van der Waals surface area contributed by atoms with Gasteiger partial charge < -0.3 is 19.3 Å². The van der Waals surface area contributed by atoms with Gasteiger partial charge in [0, 0.05) is 29.8 Å². The Morgan fingerprint density at radius 3 is 2.74 bits per heavy atom. The molecule has 2 atom stereocenters. The zero-order valence-electron chi connectivity index (χ0n) is 17.9. The maximum absolute atomic E-state index is 13.2. The SMILES string of the molecule is CC[C@@]1(O)C(=O)OCc2c1cc1n(c2=O)Cc2cc3c(nc2-1)CCC(=O)C3CN(C)C. The number of aryl methyl sites for hydroxylation is 1. The number of likely N-dealkylation sites (N-methyl/N-ethyl adjacent to an activating group) is 1. The molecule has 3 aliphatic rings. The van der Waals surface area contributed by atoms with Crippen LogP contribution in [0.4, 0.5) is 0 Å². The molecule has 2 aromatic rings. The molecule has 1 unspecified atom stereocenters. The largest absolute Gasteiger partial charge is 0.458 e. The lowest BCUT2D eigenvalue weighted by atomic mass is 9.83. The van der Waals surface area contributed by atoms with Gasteiger partial charge in [-0.25, -0.2) is 4.79 Å². The summed E-state index contributed by atoms with van der Waals surface area (Å²) in [5.74, 6) is -0.732. The highest BCUT2D eigenvalue weighted by molar-refractivity contribution is 5.88. The molecule has 5 rings (SSSR count). The number of pyridine rings is 2. The zero-order valence-corrected chi connectivity index (χ0v) is 17.9. The Hall–Kier alpha value is -2.84. The first-order valence-electron chi connectivity index (χ1n) is 10.6. The van der Waals surface area contributed by atoms with E-state index in [1.807, 2.05) is 25.1 Å². The predicted octanol–water partition coefficient (Wildman–Crippen LogP) is 1.09. The average Bonchev–Trinajstić information content (AvgIpc) is 3.10. The summed E-state index contributed by atoms with van der Waals surface area (Å²) in [6.45, 7) is 2.51. The summed E-state index contributed by atoms with van der Waals surface area (Å²) in [6, 6.07) is 3.74. The number of aliphatic hydroxyl groups is 1. The first-order valence-corrected chi connectivity index (χ1v) is 10.6. The van der Waals surface area contributed by atoms with E-state index in [9.17, 15) is 19.5 Å². The Labute approximate surface area is 179 Å². The van der Waals surface area contributed by atoms with Crippen molar-refractivity contribution in [1.29, 1.82) is 0 Å². The van der Waals surface area contributed by atoms with Crippen LogP contribution in [0.1, 0.15) is 53.6 Å². The van der Waals surface area contributed by atoms with Crippen LogP contribution in [-0.2, 0) is 39.5 Å². The van der Waals surface area contributed by atoms with Gasteiger partial charge >= 0.3 is 5.97 Å². The molecule has 2 aromatic heterocycles. The van der Waals surface area contributed by atoms with Gasteiger partial charge in [-0.05, 0) is 44.6 Å². The number of nitrogens with zero attached hydrogens (tertiary/aromatic N) is 3. The van der Waals surface area contributed by atoms with Crippen LogP contribution in [0.5, 0.6) is 0 Å². The van der Waals surface area contributed by atoms with Crippen molar-refractivity contribution in [3.8, 4) is 11.4 Å². The van der Waals surface area contributed by atoms with Gasteiger partial charge in [-0.15, -0.1) is 0 Å². The van der Waals surface area contributed by atoms with Crippen LogP contribution in [0.2, 0.25) is 0 Å². The minimum Gasteiger partial charge on any atom is -0.458 e. The molecule has 8 nitrogen and oxygen atoms in total. The van der Waals surface area contributed by atoms with Crippen molar-refractivity contribution in [1.82, 2.24) is 14.5 Å². The fourth-order valence-electron chi connectivity index (χ4n) is 5.03. The Bertz CT molecular complexity index is 1200. The Morgan fingerprint density at radius 1 is 1.26 bits per heavy atom. The smallest absolute Gasteiger partial charge is 0.343 e. The van der Waals surface area contributed by atoms with Crippen LogP contribution in [0, 0.1) is 0 Å². The summed E-state index contributed by atoms with van der Waals surface area (Å²) in [6.07, 6.45) is 1.14. The second kappa shape index (κ2) is 6.83. The lowest BCUT2D eigenvalue weighted by Crippen LogP contribution is -2.44. The monoisotopic (exact) mass is 423 g/mol. The minimum atomic E-state index is -1.83. The van der Waals surface area contributed by atoms with E-state index in [0.717, 1.165) is 16.8 Å². The first kappa shape index (κ1) is 20.1. The molecule has 8 heteroatoms. The highest BCUT2D eigenvalue weighted by Gasteiger charge is 2.45. The number of rotatable bonds is 3. The topological polar surface area (TPSA) is 102 Å². The Balaban J connectivity index is 1.68. The van der Waals surface area contributed by atoms with Gasteiger partial charge in [0.1, 0.15) is 12.4 Å². The van der Waals surface area contributed by atoms with E-state index in [1.54, 1.807) is 17.6 Å². The van der Waals surface area contributed by atoms with Crippen LogP contribution < -0.4 is 5.56 Å². The second-order valence-electron chi connectivity index (χ2n) is 8.92. The van der Waals surface area contributed by atoms with Crippen molar-refractivity contribution < 1.29 is 19.4 Å². The molecule has 0 spiro atoms. The molecule has 0 bridgehead atoms. The highest BCUT2D eigenvalue weighted by atomic mass is 16.6. The molecular weight excluding hydrogens is 398 g/mol. The molecule has 4 heterocycles. The van der Waals surface area contributed by atoms with Crippen LogP contribution in [0.3, 0.4) is 0 Å². The molecule has 0 saturated carbocycles. The molecule has 0 amide bonds. The van der Waals surface area contributed by atoms with E-state index in [0.29, 0.717) is 48.4 Å². The number of aromatic nitrogens is 2. The summed E-state index contributed by atoms with van der Waals surface area (Å²) in [7, 11) is 3.89. The van der Waals surface area contributed by atoms with Crippen molar-refractivity contribution in [2.45, 2.75) is 50.9 Å². The fraction of sp³-hybridized carbons (Fsp3) is 0.478. The Morgan fingerprint density at radius 2 is 2.03 bits per heavy atom. The lowest BCUT2D eigenvalue weighted by Gasteiger charge is -2.31. The van der Waals surface area contributed by atoms with Crippen molar-refractivity contribution in [3.63, 3.8) is 0 Å². The molecule has 0 saturated heterocycles. The summed E-state index contributed by atoms with van der Waals surface area (Å²) < 4.78 is 6.74. The molecule has 31 heavy (non-hydrogen) atoms. The number of fused-ring (bicyclic) bond motifs is 5. The highest BCUT2D eigenvalue weighted by Crippen LogP contribution is 2.40. The number of carbonyl (C=O) groups excluding carboxylic acids is 2. The molecule has 1 aliphatic carbocycles. The van der Waals surface area contributed by atoms with Crippen molar-refractivity contribution in [3.05, 3.63) is 50.4 Å². The molecule has 0 radical (unpaired) electrons. The van der Waals surface area contributed by atoms with E-state index >= 15 is 0 Å². The predicted molar refractivity (Wildman–Crippen MR) is 112 cm³/mol. The summed E-state index contributed by atoms with van der Waals surface area (Å²) in [5.41, 5.74) is 2.52. The van der Waals surface area contributed by atoms with Gasteiger partial charge in [0.05, 0.1) is 29.4 Å². The zero-order chi connectivity index (χ0) is 22.1. The number of hydrogen-bond acceptors (Lipinski definition) is 7. The van der Waals surface area contributed by atoms with Crippen LogP contribution in [0.25, 0.3) is 11.4 Å². The second-order valence-corrected chi connectivity index (χ2v) is 8.92. The van der Waals surface area contributed by atoms with E-state index < -0.39 is 11.6 Å². The van der Waals surface area contributed by atoms with Gasteiger partial charge in [0.25, 0.3) is 5.56 Å². The number of cyclic esters (lactones) is 1. The standard InChI is InChI=1S/C23H25N3O5/c1-4-23(30)16-8-18-20-12(9-26(18)21(28)15(16)11-31-22(23)29)7-13-14(10-25(2)3)19(27)6-5-17(13)24-20/h7-8,14,30H,4-6,9-11H2,1-3H3/t14?,23-/m0/s1. The number of carbonyl (C=O) groups is 2. The number of hydrogen-bond donors (Lipinski definition) is 1. The molecule has 2 aliphatic heterocycles. The van der Waals surface area contributed by atoms with E-state index in [4.69, 9.17) is 9.72 Å². The summed E-state index contributed by atoms with van der Waals surface area (Å²) >= 11 is 0. The third-order valence-electron chi connectivity index (χ3n) is 6.75. The van der Waals surface area contributed by atoms with Crippen molar-refractivity contribution in [2.75, 3.05) is 20.6 Å². The van der Waals surface area contributed by atoms with Crippen molar-refractivity contribution in [2.24, 2.45) is 0 Å². The van der Waals surface area contributed by atoms with Gasteiger partial charge in [-0.2, -0.15) is 0 Å². The summed E-state index contributed by atoms with van der Waals surface area (Å²) in [5, 5.41) is 11.0. The van der Waals surface area contributed by atoms with Crippen LogP contribution in [-0.4, -0.2) is 52.0 Å². The van der Waals surface area contributed by atoms with E-state index in [-0.39, 0.29) is 30.3 Å². The van der Waals surface area contributed by atoms with Gasteiger partial charge in [-0.1, -0.05) is 6.92 Å².